The van der Waals surface area contributed by atoms with Gasteiger partial charge in [0.2, 0.25) is 11.8 Å². The van der Waals surface area contributed by atoms with Gasteiger partial charge in [0.05, 0.1) is 37.9 Å². The molecule has 1 saturated heterocycles. The van der Waals surface area contributed by atoms with Gasteiger partial charge in [-0.1, -0.05) is 43.0 Å². The van der Waals surface area contributed by atoms with Crippen LogP contribution in [0, 0.1) is 22.7 Å². The van der Waals surface area contributed by atoms with Crippen molar-refractivity contribution in [3.63, 3.8) is 0 Å². The van der Waals surface area contributed by atoms with Crippen LogP contribution in [0.25, 0.3) is 0 Å². The normalized spacial score (nSPS) is 19.8. The standard InChI is InChI=1S/C25H34ClN3O4/c1-25(20-5-3-2-4-6-20,15-23(30)29-11-13-32-14-12-29)24(31)28-22(16-27)18-33-17-19-7-9-21(26)10-8-19/h7-10,20,22H,2-6,11-15,17-18H2,1H3,(H,28,31). The summed E-state index contributed by atoms with van der Waals surface area (Å²) in [5.74, 6) is -0.141. The van der Waals surface area contributed by atoms with E-state index in [2.05, 4.69) is 11.4 Å². The van der Waals surface area contributed by atoms with E-state index in [1.165, 1.54) is 0 Å². The van der Waals surface area contributed by atoms with E-state index in [0.717, 1.165) is 37.7 Å². The third-order valence-corrected chi connectivity index (χ3v) is 7.09. The van der Waals surface area contributed by atoms with E-state index in [1.807, 2.05) is 19.1 Å². The van der Waals surface area contributed by atoms with Crippen LogP contribution in [0.5, 0.6) is 0 Å². The molecule has 1 saturated carbocycles. The topological polar surface area (TPSA) is 91.7 Å². The molecule has 2 atom stereocenters. The van der Waals surface area contributed by atoms with Crippen LogP contribution in [-0.2, 0) is 25.7 Å². The highest BCUT2D eigenvalue weighted by molar-refractivity contribution is 6.30. The number of carbonyl (C=O) groups is 2. The summed E-state index contributed by atoms with van der Waals surface area (Å²) in [5, 5.41) is 13.1. The number of morpholine rings is 1. The van der Waals surface area contributed by atoms with E-state index in [4.69, 9.17) is 21.1 Å². The SMILES string of the molecule is CC(CC(=O)N1CCOCC1)(C(=O)NC(C#N)COCc1ccc(Cl)cc1)C1CCCCC1. The number of hydrogen-bond donors (Lipinski definition) is 1. The molecule has 1 aromatic carbocycles. The highest BCUT2D eigenvalue weighted by Gasteiger charge is 2.44. The second kappa shape index (κ2) is 12.4. The molecular formula is C25H34ClN3O4. The number of rotatable bonds is 9. The predicted molar refractivity (Wildman–Crippen MR) is 125 cm³/mol. The molecule has 1 heterocycles. The highest BCUT2D eigenvalue weighted by Crippen LogP contribution is 2.42. The highest BCUT2D eigenvalue weighted by atomic mass is 35.5. The maximum atomic E-state index is 13.5. The Hall–Kier alpha value is -2.14. The maximum absolute atomic E-state index is 13.5. The van der Waals surface area contributed by atoms with Gasteiger partial charge in [-0.05, 0) is 43.4 Å². The summed E-state index contributed by atoms with van der Waals surface area (Å²) < 4.78 is 11.0. The molecule has 0 spiro atoms. The Labute approximate surface area is 201 Å². The summed E-state index contributed by atoms with van der Waals surface area (Å²) in [6.07, 6.45) is 5.27. The van der Waals surface area contributed by atoms with Crippen LogP contribution >= 0.6 is 11.6 Å². The van der Waals surface area contributed by atoms with E-state index in [9.17, 15) is 14.9 Å². The third-order valence-electron chi connectivity index (χ3n) is 6.83. The molecule has 3 rings (SSSR count). The third kappa shape index (κ3) is 7.17. The zero-order valence-electron chi connectivity index (χ0n) is 19.4. The zero-order valence-corrected chi connectivity index (χ0v) is 20.1. The van der Waals surface area contributed by atoms with Gasteiger partial charge < -0.3 is 19.7 Å². The van der Waals surface area contributed by atoms with Gasteiger partial charge in [0, 0.05) is 24.5 Å². The monoisotopic (exact) mass is 475 g/mol. The molecule has 33 heavy (non-hydrogen) atoms. The molecule has 2 unspecified atom stereocenters. The maximum Gasteiger partial charge on any atom is 0.227 e. The Bertz CT molecular complexity index is 829. The van der Waals surface area contributed by atoms with E-state index in [0.29, 0.717) is 37.9 Å². The minimum Gasteiger partial charge on any atom is -0.378 e. The number of nitrogens with zero attached hydrogens (tertiary/aromatic N) is 2. The minimum atomic E-state index is -0.860. The van der Waals surface area contributed by atoms with Crippen molar-refractivity contribution in [1.29, 1.82) is 5.26 Å². The number of hydrogen-bond acceptors (Lipinski definition) is 5. The average Bonchev–Trinajstić information content (AvgIpc) is 2.85. The largest absolute Gasteiger partial charge is 0.378 e. The first-order valence-corrected chi connectivity index (χ1v) is 12.2. The molecule has 2 fully saturated rings. The minimum absolute atomic E-state index is 0.0194. The van der Waals surface area contributed by atoms with Crippen LogP contribution in [0.15, 0.2) is 24.3 Å². The number of amides is 2. The lowest BCUT2D eigenvalue weighted by Crippen LogP contribution is -2.52. The van der Waals surface area contributed by atoms with Crippen molar-refractivity contribution in [1.82, 2.24) is 10.2 Å². The van der Waals surface area contributed by atoms with Crippen LogP contribution in [0.1, 0.15) is 51.0 Å². The van der Waals surface area contributed by atoms with Gasteiger partial charge in [-0.3, -0.25) is 9.59 Å². The molecule has 1 aliphatic carbocycles. The number of halogens is 1. The van der Waals surface area contributed by atoms with Crippen LogP contribution in [0.3, 0.4) is 0 Å². The molecule has 1 aliphatic heterocycles. The lowest BCUT2D eigenvalue weighted by molar-refractivity contribution is -0.146. The summed E-state index contributed by atoms with van der Waals surface area (Å²) >= 11 is 5.90. The first-order valence-electron chi connectivity index (χ1n) is 11.8. The Morgan fingerprint density at radius 1 is 1.24 bits per heavy atom. The summed E-state index contributed by atoms with van der Waals surface area (Å²) in [7, 11) is 0. The van der Waals surface area contributed by atoms with Crippen LogP contribution in [0.2, 0.25) is 5.02 Å². The Balaban J connectivity index is 1.62. The second-order valence-electron chi connectivity index (χ2n) is 9.22. The van der Waals surface area contributed by atoms with Crippen molar-refractivity contribution in [3.8, 4) is 6.07 Å². The van der Waals surface area contributed by atoms with Crippen molar-refractivity contribution >= 4 is 23.4 Å². The lowest BCUT2D eigenvalue weighted by atomic mass is 9.67. The fourth-order valence-corrected chi connectivity index (χ4v) is 4.82. The fraction of sp³-hybridized carbons (Fsp3) is 0.640. The lowest BCUT2D eigenvalue weighted by Gasteiger charge is -2.40. The van der Waals surface area contributed by atoms with Crippen LogP contribution in [0.4, 0.5) is 0 Å². The molecule has 0 radical (unpaired) electrons. The van der Waals surface area contributed by atoms with Gasteiger partial charge in [-0.25, -0.2) is 0 Å². The summed E-state index contributed by atoms with van der Waals surface area (Å²) in [6.45, 7) is 4.45. The van der Waals surface area contributed by atoms with Crippen LogP contribution in [-0.4, -0.2) is 55.7 Å². The molecule has 8 heteroatoms. The van der Waals surface area contributed by atoms with Gasteiger partial charge in [0.15, 0.2) is 0 Å². The van der Waals surface area contributed by atoms with Crippen molar-refractivity contribution in [2.24, 2.45) is 11.3 Å². The van der Waals surface area contributed by atoms with Crippen molar-refractivity contribution in [2.75, 3.05) is 32.9 Å². The van der Waals surface area contributed by atoms with Gasteiger partial charge >= 0.3 is 0 Å². The van der Waals surface area contributed by atoms with Gasteiger partial charge in [0.1, 0.15) is 6.04 Å². The average molecular weight is 476 g/mol. The molecule has 7 nitrogen and oxygen atoms in total. The number of benzene rings is 1. The molecule has 180 valence electrons. The Kier molecular flexibility index (Phi) is 9.54. The summed E-state index contributed by atoms with van der Waals surface area (Å²) in [5.41, 5.74) is 0.0757. The summed E-state index contributed by atoms with van der Waals surface area (Å²) in [4.78, 5) is 28.3. The number of nitriles is 1. The first kappa shape index (κ1) is 25.5. The smallest absolute Gasteiger partial charge is 0.227 e. The molecule has 1 N–H and O–H groups in total. The summed E-state index contributed by atoms with van der Waals surface area (Å²) in [6, 6.07) is 8.63. The molecule has 2 aliphatic rings. The van der Waals surface area contributed by atoms with Crippen molar-refractivity contribution in [2.45, 2.75) is 58.1 Å². The molecule has 1 aromatic rings. The van der Waals surface area contributed by atoms with Crippen LogP contribution < -0.4 is 5.32 Å². The second-order valence-corrected chi connectivity index (χ2v) is 9.66. The molecular weight excluding hydrogens is 442 g/mol. The van der Waals surface area contributed by atoms with Gasteiger partial charge in [-0.2, -0.15) is 5.26 Å². The first-order chi connectivity index (χ1) is 15.9. The van der Waals surface area contributed by atoms with E-state index >= 15 is 0 Å². The number of ether oxygens (including phenoxy) is 2. The van der Waals surface area contributed by atoms with Gasteiger partial charge in [-0.15, -0.1) is 0 Å². The quantitative estimate of drug-likeness (QED) is 0.588. The van der Waals surface area contributed by atoms with Crippen molar-refractivity contribution in [3.05, 3.63) is 34.9 Å². The number of carbonyl (C=O) groups excluding carboxylic acids is 2. The van der Waals surface area contributed by atoms with E-state index in [1.54, 1.807) is 17.0 Å². The van der Waals surface area contributed by atoms with E-state index < -0.39 is 11.5 Å². The fourth-order valence-electron chi connectivity index (χ4n) is 4.70. The molecule has 2 amide bonds. The predicted octanol–water partition coefficient (Wildman–Crippen LogP) is 3.70. The van der Waals surface area contributed by atoms with Crippen molar-refractivity contribution < 1.29 is 19.1 Å². The molecule has 0 aromatic heterocycles. The van der Waals surface area contributed by atoms with Gasteiger partial charge in [0.25, 0.3) is 0 Å². The zero-order chi connectivity index (χ0) is 23.7. The Morgan fingerprint density at radius 2 is 1.91 bits per heavy atom. The molecule has 0 bridgehead atoms. The Morgan fingerprint density at radius 3 is 2.55 bits per heavy atom. The number of nitrogens with one attached hydrogen (secondary N) is 1. The van der Waals surface area contributed by atoms with E-state index in [-0.39, 0.29) is 30.8 Å².